The van der Waals surface area contributed by atoms with Crippen LogP contribution in [0.3, 0.4) is 0 Å². The van der Waals surface area contributed by atoms with Crippen LogP contribution in [0, 0.1) is 11.3 Å². The average Bonchev–Trinajstić information content (AvgIpc) is 3.25. The van der Waals surface area contributed by atoms with Gasteiger partial charge in [-0.25, -0.2) is 9.97 Å². The number of aromatic nitrogens is 3. The highest BCUT2D eigenvalue weighted by atomic mass is 35.5. The molecule has 0 radical (unpaired) electrons. The van der Waals surface area contributed by atoms with Gasteiger partial charge >= 0.3 is 0 Å². The van der Waals surface area contributed by atoms with Crippen molar-refractivity contribution in [2.45, 2.75) is 70.5 Å². The monoisotopic (exact) mass is 603 g/mol. The van der Waals surface area contributed by atoms with Crippen molar-refractivity contribution < 1.29 is 14.2 Å². The van der Waals surface area contributed by atoms with E-state index in [2.05, 4.69) is 58.3 Å². The van der Waals surface area contributed by atoms with Crippen molar-refractivity contribution in [1.29, 1.82) is 5.26 Å². The lowest BCUT2D eigenvalue weighted by Crippen LogP contribution is -2.27. The van der Waals surface area contributed by atoms with Gasteiger partial charge in [0.15, 0.2) is 16.7 Å². The first-order valence-electron chi connectivity index (χ1n) is 13.8. The molecule has 1 aromatic carbocycles. The minimum Gasteiger partial charge on any atom is -0.493 e. The van der Waals surface area contributed by atoms with Crippen molar-refractivity contribution in [1.82, 2.24) is 19.4 Å². The van der Waals surface area contributed by atoms with Gasteiger partial charge in [0.05, 0.1) is 28.8 Å². The predicted molar refractivity (Wildman–Crippen MR) is 168 cm³/mol. The van der Waals surface area contributed by atoms with E-state index in [1.54, 1.807) is 31.1 Å². The molecule has 2 aromatic heterocycles. The number of fused-ring (bicyclic) bond motifs is 1. The minimum absolute atomic E-state index is 0.266. The third kappa shape index (κ3) is 8.36. The molecular formula is C29H42ClN5O3SSi. The Labute approximate surface area is 249 Å². The van der Waals surface area contributed by atoms with E-state index in [0.29, 0.717) is 69.5 Å². The van der Waals surface area contributed by atoms with Gasteiger partial charge in [0.25, 0.3) is 0 Å². The second kappa shape index (κ2) is 14.6. The molecule has 0 atom stereocenters. The highest BCUT2D eigenvalue weighted by Crippen LogP contribution is 2.41. The second-order valence-electron chi connectivity index (χ2n) is 11.1. The predicted octanol–water partition coefficient (Wildman–Crippen LogP) is 7.17. The zero-order valence-electron chi connectivity index (χ0n) is 25.0. The third-order valence-electron chi connectivity index (χ3n) is 6.45. The van der Waals surface area contributed by atoms with Crippen LogP contribution in [0.1, 0.15) is 33.3 Å². The maximum Gasteiger partial charge on any atom is 0.190 e. The van der Waals surface area contributed by atoms with Crippen LogP contribution < -0.4 is 9.47 Å². The van der Waals surface area contributed by atoms with Crippen LogP contribution >= 0.6 is 23.4 Å². The van der Waals surface area contributed by atoms with E-state index in [0.717, 1.165) is 25.7 Å². The highest BCUT2D eigenvalue weighted by Gasteiger charge is 2.23. The number of ether oxygens (including phenoxy) is 3. The lowest BCUT2D eigenvalue weighted by atomic mass is 10.1. The smallest absolute Gasteiger partial charge is 0.190 e. The Balaban J connectivity index is 2.10. The molecule has 0 aliphatic carbocycles. The number of likely N-dealkylation sites (N-methyl/N-ethyl adjacent to an activating group) is 1. The van der Waals surface area contributed by atoms with E-state index in [-0.39, 0.29) is 5.25 Å². The molecule has 3 rings (SSSR count). The Kier molecular flexibility index (Phi) is 11.7. The average molecular weight is 604 g/mol. The van der Waals surface area contributed by atoms with E-state index in [1.807, 2.05) is 10.6 Å². The molecule has 218 valence electrons. The summed E-state index contributed by atoms with van der Waals surface area (Å²) in [6, 6.07) is 7.00. The molecule has 40 heavy (non-hydrogen) atoms. The number of hydrogen-bond donors (Lipinski definition) is 0. The Bertz CT molecular complexity index is 1330. The number of rotatable bonds is 15. The quantitative estimate of drug-likeness (QED) is 0.0782. The van der Waals surface area contributed by atoms with Crippen LogP contribution in [0.4, 0.5) is 0 Å². The van der Waals surface area contributed by atoms with Crippen LogP contribution in [0.15, 0.2) is 23.5 Å². The number of halogens is 1. The summed E-state index contributed by atoms with van der Waals surface area (Å²) < 4.78 is 19.7. The Morgan fingerprint density at radius 2 is 1.85 bits per heavy atom. The van der Waals surface area contributed by atoms with Gasteiger partial charge in [-0.2, -0.15) is 5.26 Å². The fourth-order valence-electron chi connectivity index (χ4n) is 4.16. The zero-order valence-corrected chi connectivity index (χ0v) is 27.6. The molecule has 3 aromatic rings. The first kappa shape index (κ1) is 32.2. The maximum absolute atomic E-state index is 10.1. The van der Waals surface area contributed by atoms with E-state index in [9.17, 15) is 5.26 Å². The fourth-order valence-corrected chi connectivity index (χ4v) is 5.87. The first-order chi connectivity index (χ1) is 19.0. The fraction of sp³-hybridized carbons (Fsp3) is 0.552. The Hall–Kier alpha value is -2.29. The van der Waals surface area contributed by atoms with Gasteiger partial charge in [-0.3, -0.25) is 0 Å². The molecule has 0 saturated heterocycles. The molecule has 2 heterocycles. The van der Waals surface area contributed by atoms with Crippen LogP contribution in [0.2, 0.25) is 30.7 Å². The summed E-state index contributed by atoms with van der Waals surface area (Å²) in [5, 5.41) is 12.1. The van der Waals surface area contributed by atoms with Gasteiger partial charge in [-0.05, 0) is 25.2 Å². The summed E-state index contributed by atoms with van der Waals surface area (Å²) in [5.41, 5.74) is 2.36. The van der Waals surface area contributed by atoms with Crippen molar-refractivity contribution in [3.05, 3.63) is 28.9 Å². The second-order valence-corrected chi connectivity index (χ2v) is 18.6. The lowest BCUT2D eigenvalue weighted by Gasteiger charge is -2.19. The topological polar surface area (TPSA) is 85.4 Å². The molecule has 11 heteroatoms. The lowest BCUT2D eigenvalue weighted by molar-refractivity contribution is 0.0898. The Morgan fingerprint density at radius 3 is 2.45 bits per heavy atom. The van der Waals surface area contributed by atoms with Gasteiger partial charge in [0, 0.05) is 44.3 Å². The summed E-state index contributed by atoms with van der Waals surface area (Å²) in [7, 11) is 0.370. The third-order valence-corrected chi connectivity index (χ3v) is 9.33. The van der Waals surface area contributed by atoms with E-state index < -0.39 is 8.07 Å². The molecule has 0 aliphatic heterocycles. The van der Waals surface area contributed by atoms with Gasteiger partial charge < -0.3 is 23.7 Å². The number of methoxy groups -OCH3 is 1. The van der Waals surface area contributed by atoms with Crippen molar-refractivity contribution in [3.63, 3.8) is 0 Å². The SMILES string of the molecule is CCN(CC)CCOc1cc(-c2nc(SC(C)C)nc3c2c(C#N)cn3COCC[Si](C)(C)C)c(Cl)cc1OC. The number of nitriles is 1. The molecule has 0 saturated carbocycles. The number of thioether (sulfide) groups is 1. The van der Waals surface area contributed by atoms with Gasteiger partial charge in [-0.15, -0.1) is 0 Å². The molecule has 8 nitrogen and oxygen atoms in total. The minimum atomic E-state index is -1.23. The van der Waals surface area contributed by atoms with E-state index in [1.165, 1.54) is 0 Å². The van der Waals surface area contributed by atoms with Crippen LogP contribution in [-0.2, 0) is 11.5 Å². The summed E-state index contributed by atoms with van der Waals surface area (Å²) in [6.45, 7) is 19.6. The molecule has 0 N–H and O–H groups in total. The van der Waals surface area contributed by atoms with Crippen molar-refractivity contribution in [3.8, 4) is 28.8 Å². The molecular weight excluding hydrogens is 562 g/mol. The number of nitrogens with zero attached hydrogens (tertiary/aromatic N) is 5. The molecule has 0 bridgehead atoms. The first-order valence-corrected chi connectivity index (χ1v) is 18.8. The van der Waals surface area contributed by atoms with Crippen LogP contribution in [0.5, 0.6) is 11.5 Å². The molecule has 0 unspecified atom stereocenters. The summed E-state index contributed by atoms with van der Waals surface area (Å²) >= 11 is 8.39. The van der Waals surface area contributed by atoms with E-state index >= 15 is 0 Å². The standard InChI is InChI=1S/C29H42ClN5O3SSi/c1-9-34(10-2)11-12-38-25-15-22(23(30)16-24(25)36-5)27-26-21(17-31)18-35(19-37-13-14-40(6,7)8)28(26)33-29(32-27)39-20(3)4/h15-16,18,20H,9-14,19H2,1-8H3. The maximum atomic E-state index is 10.1. The molecule has 0 spiro atoms. The van der Waals surface area contributed by atoms with Crippen LogP contribution in [0.25, 0.3) is 22.3 Å². The van der Waals surface area contributed by atoms with Crippen molar-refractivity contribution >= 4 is 42.5 Å². The summed E-state index contributed by atoms with van der Waals surface area (Å²) in [5.74, 6) is 1.12. The molecule has 0 fully saturated rings. The van der Waals surface area contributed by atoms with Gasteiger partial charge in [0.2, 0.25) is 0 Å². The normalized spacial score (nSPS) is 11.9. The molecule has 0 aliphatic rings. The highest BCUT2D eigenvalue weighted by molar-refractivity contribution is 7.99. The van der Waals surface area contributed by atoms with Crippen LogP contribution in [-0.4, -0.2) is 72.7 Å². The molecule has 0 amide bonds. The zero-order chi connectivity index (χ0) is 29.4. The van der Waals surface area contributed by atoms with Crippen molar-refractivity contribution in [2.75, 3.05) is 40.0 Å². The van der Waals surface area contributed by atoms with Gasteiger partial charge in [-0.1, -0.05) is 70.7 Å². The number of benzene rings is 1. The summed E-state index contributed by atoms with van der Waals surface area (Å²) in [4.78, 5) is 12.1. The number of hydrogen-bond acceptors (Lipinski definition) is 8. The Morgan fingerprint density at radius 1 is 1.12 bits per heavy atom. The van der Waals surface area contributed by atoms with Crippen molar-refractivity contribution in [2.24, 2.45) is 0 Å². The largest absolute Gasteiger partial charge is 0.493 e. The van der Waals surface area contributed by atoms with Gasteiger partial charge in [0.1, 0.15) is 25.1 Å². The van der Waals surface area contributed by atoms with E-state index in [4.69, 9.17) is 35.8 Å². The summed E-state index contributed by atoms with van der Waals surface area (Å²) in [6.07, 6.45) is 1.79.